The molecule has 0 heterocycles. The molecule has 1 atom stereocenters. The number of nitrogens with two attached hydrogens (primary N) is 1. The molecule has 0 saturated carbocycles. The van der Waals surface area contributed by atoms with E-state index in [1.54, 1.807) is 12.1 Å². The Balaban J connectivity index is 2.02. The maximum absolute atomic E-state index is 12.1. The summed E-state index contributed by atoms with van der Waals surface area (Å²) in [7, 11) is 0. The number of carbonyl (C=O) groups is 2. The van der Waals surface area contributed by atoms with E-state index in [9.17, 15) is 9.59 Å². The lowest BCUT2D eigenvalue weighted by Crippen LogP contribution is -2.30. The van der Waals surface area contributed by atoms with Gasteiger partial charge in [0, 0.05) is 5.02 Å². The maximum Gasteiger partial charge on any atom is 0.338 e. The monoisotopic (exact) mass is 386 g/mol. The molecule has 0 aliphatic carbocycles. The van der Waals surface area contributed by atoms with Crippen LogP contribution in [0.15, 0.2) is 36.4 Å². The molecule has 0 saturated heterocycles. The number of benzene rings is 2. The standard InChI is InChI=1S/C16H13Cl3N2O3/c1-8(15(22)21-14-5-3-10(17)7-12(14)19)24-16(23)9-2-4-11(18)13(20)6-9/h2-8H,20H2,1H3,(H,21,22)/t8-/m1/s1. The molecule has 24 heavy (non-hydrogen) atoms. The van der Waals surface area contributed by atoms with Crippen LogP contribution in [0.2, 0.25) is 15.1 Å². The Kier molecular flexibility index (Phi) is 5.94. The average Bonchev–Trinajstić information content (AvgIpc) is 2.52. The van der Waals surface area contributed by atoms with E-state index in [2.05, 4.69) is 5.32 Å². The molecule has 0 aromatic heterocycles. The molecular formula is C16H13Cl3N2O3. The number of carbonyl (C=O) groups excluding carboxylic acids is 2. The van der Waals surface area contributed by atoms with E-state index in [1.807, 2.05) is 0 Å². The van der Waals surface area contributed by atoms with Crippen LogP contribution in [0.25, 0.3) is 0 Å². The Bertz CT molecular complexity index is 796. The molecule has 2 aromatic carbocycles. The van der Waals surface area contributed by atoms with Crippen LogP contribution in [-0.2, 0) is 9.53 Å². The number of amides is 1. The SMILES string of the molecule is C[C@@H](OC(=O)c1ccc(Cl)c(N)c1)C(=O)Nc1ccc(Cl)cc1Cl. The van der Waals surface area contributed by atoms with Gasteiger partial charge >= 0.3 is 5.97 Å². The number of ether oxygens (including phenoxy) is 1. The highest BCUT2D eigenvalue weighted by atomic mass is 35.5. The van der Waals surface area contributed by atoms with E-state index < -0.39 is 18.0 Å². The highest BCUT2D eigenvalue weighted by Crippen LogP contribution is 2.25. The molecule has 0 spiro atoms. The minimum Gasteiger partial charge on any atom is -0.449 e. The van der Waals surface area contributed by atoms with Crippen LogP contribution in [0.1, 0.15) is 17.3 Å². The number of hydrogen-bond donors (Lipinski definition) is 2. The van der Waals surface area contributed by atoms with Crippen LogP contribution in [0.4, 0.5) is 11.4 Å². The van der Waals surface area contributed by atoms with Crippen molar-refractivity contribution in [3.05, 3.63) is 57.0 Å². The molecule has 2 rings (SSSR count). The Morgan fingerprint density at radius 2 is 1.79 bits per heavy atom. The number of esters is 1. The summed E-state index contributed by atoms with van der Waals surface area (Å²) in [5.74, 6) is -1.22. The first kappa shape index (κ1) is 18.4. The molecule has 0 fully saturated rings. The van der Waals surface area contributed by atoms with E-state index in [4.69, 9.17) is 45.3 Å². The quantitative estimate of drug-likeness (QED) is 0.601. The molecule has 0 aliphatic heterocycles. The van der Waals surface area contributed by atoms with Gasteiger partial charge in [-0.15, -0.1) is 0 Å². The van der Waals surface area contributed by atoms with Crippen LogP contribution in [-0.4, -0.2) is 18.0 Å². The molecule has 0 aliphatic rings. The highest BCUT2D eigenvalue weighted by molar-refractivity contribution is 6.36. The van der Waals surface area contributed by atoms with Crippen molar-refractivity contribution in [3.8, 4) is 0 Å². The Labute approximate surface area is 153 Å². The fraction of sp³-hybridized carbons (Fsp3) is 0.125. The lowest BCUT2D eigenvalue weighted by atomic mass is 10.2. The van der Waals surface area contributed by atoms with Crippen molar-refractivity contribution in [3.63, 3.8) is 0 Å². The number of rotatable bonds is 4. The molecule has 3 N–H and O–H groups in total. The second-order valence-corrected chi connectivity index (χ2v) is 6.15. The minimum absolute atomic E-state index is 0.195. The molecule has 0 bridgehead atoms. The van der Waals surface area contributed by atoms with Crippen LogP contribution >= 0.6 is 34.8 Å². The van der Waals surface area contributed by atoms with Gasteiger partial charge in [-0.25, -0.2) is 4.79 Å². The number of nitrogens with one attached hydrogen (secondary N) is 1. The molecule has 0 unspecified atom stereocenters. The zero-order valence-electron chi connectivity index (χ0n) is 12.5. The summed E-state index contributed by atoms with van der Waals surface area (Å²) in [4.78, 5) is 24.2. The largest absolute Gasteiger partial charge is 0.449 e. The predicted molar refractivity (Wildman–Crippen MR) is 95.8 cm³/mol. The molecule has 1 amide bonds. The summed E-state index contributed by atoms with van der Waals surface area (Å²) < 4.78 is 5.11. The van der Waals surface area contributed by atoms with Gasteiger partial charge < -0.3 is 15.8 Å². The van der Waals surface area contributed by atoms with Crippen LogP contribution in [0.3, 0.4) is 0 Å². The van der Waals surface area contributed by atoms with Crippen molar-refractivity contribution in [2.75, 3.05) is 11.1 Å². The summed E-state index contributed by atoms with van der Waals surface area (Å²) in [5.41, 5.74) is 6.44. The molecule has 0 radical (unpaired) electrons. The third kappa shape index (κ3) is 4.54. The number of anilines is 2. The predicted octanol–water partition coefficient (Wildman–Crippen LogP) is 4.41. The normalized spacial score (nSPS) is 11.7. The van der Waals surface area contributed by atoms with E-state index in [0.717, 1.165) is 0 Å². The summed E-state index contributed by atoms with van der Waals surface area (Å²) in [6.45, 7) is 1.44. The molecule has 5 nitrogen and oxygen atoms in total. The van der Waals surface area contributed by atoms with Gasteiger partial charge in [-0.2, -0.15) is 0 Å². The van der Waals surface area contributed by atoms with Crippen molar-refractivity contribution in [1.29, 1.82) is 0 Å². The van der Waals surface area contributed by atoms with E-state index >= 15 is 0 Å². The van der Waals surface area contributed by atoms with Gasteiger partial charge in [0.1, 0.15) is 0 Å². The minimum atomic E-state index is -1.04. The van der Waals surface area contributed by atoms with Crippen molar-refractivity contribution in [2.45, 2.75) is 13.0 Å². The maximum atomic E-state index is 12.1. The first-order valence-corrected chi connectivity index (χ1v) is 7.93. The van der Waals surface area contributed by atoms with E-state index in [0.29, 0.717) is 15.7 Å². The first-order chi connectivity index (χ1) is 11.3. The molecular weight excluding hydrogens is 375 g/mol. The van der Waals surface area contributed by atoms with Crippen LogP contribution < -0.4 is 11.1 Å². The zero-order chi connectivity index (χ0) is 17.9. The Morgan fingerprint density at radius 1 is 1.08 bits per heavy atom. The second-order valence-electron chi connectivity index (χ2n) is 4.90. The van der Waals surface area contributed by atoms with Gasteiger partial charge in [0.15, 0.2) is 6.10 Å². The molecule has 8 heteroatoms. The first-order valence-electron chi connectivity index (χ1n) is 6.80. The van der Waals surface area contributed by atoms with Crippen molar-refractivity contribution in [1.82, 2.24) is 0 Å². The van der Waals surface area contributed by atoms with Crippen LogP contribution in [0, 0.1) is 0 Å². The fourth-order valence-electron chi connectivity index (χ4n) is 1.78. The highest BCUT2D eigenvalue weighted by Gasteiger charge is 2.20. The van der Waals surface area contributed by atoms with Gasteiger partial charge in [-0.05, 0) is 43.3 Å². The third-order valence-electron chi connectivity index (χ3n) is 3.07. The fourth-order valence-corrected chi connectivity index (χ4v) is 2.35. The van der Waals surface area contributed by atoms with E-state index in [-0.39, 0.29) is 16.3 Å². The van der Waals surface area contributed by atoms with Gasteiger partial charge in [-0.3, -0.25) is 4.79 Å². The average molecular weight is 388 g/mol. The van der Waals surface area contributed by atoms with Crippen molar-refractivity contribution in [2.24, 2.45) is 0 Å². The summed E-state index contributed by atoms with van der Waals surface area (Å²) in [6, 6.07) is 8.94. The number of halogens is 3. The summed E-state index contributed by atoms with van der Waals surface area (Å²) in [6.07, 6.45) is -1.04. The zero-order valence-corrected chi connectivity index (χ0v) is 14.7. The van der Waals surface area contributed by atoms with Gasteiger partial charge in [0.2, 0.25) is 0 Å². The third-order valence-corrected chi connectivity index (χ3v) is 3.97. The van der Waals surface area contributed by atoms with Gasteiger partial charge in [0.25, 0.3) is 5.91 Å². The topological polar surface area (TPSA) is 81.4 Å². The van der Waals surface area contributed by atoms with Gasteiger partial charge in [0.05, 0.1) is 27.0 Å². The second kappa shape index (κ2) is 7.75. The number of nitrogen functional groups attached to an aromatic ring is 1. The molecule has 126 valence electrons. The van der Waals surface area contributed by atoms with Crippen LogP contribution in [0.5, 0.6) is 0 Å². The molecule has 2 aromatic rings. The van der Waals surface area contributed by atoms with E-state index in [1.165, 1.54) is 31.2 Å². The Morgan fingerprint density at radius 3 is 2.42 bits per heavy atom. The smallest absolute Gasteiger partial charge is 0.338 e. The lowest BCUT2D eigenvalue weighted by Gasteiger charge is -2.14. The summed E-state index contributed by atoms with van der Waals surface area (Å²) in [5, 5.41) is 3.61. The Hall–Kier alpha value is -1.95. The summed E-state index contributed by atoms with van der Waals surface area (Å²) >= 11 is 17.6. The van der Waals surface area contributed by atoms with Gasteiger partial charge in [-0.1, -0.05) is 34.8 Å². The number of hydrogen-bond acceptors (Lipinski definition) is 4. The lowest BCUT2D eigenvalue weighted by molar-refractivity contribution is -0.123. The van der Waals surface area contributed by atoms with Crippen molar-refractivity contribution < 1.29 is 14.3 Å². The van der Waals surface area contributed by atoms with Crippen molar-refractivity contribution >= 4 is 58.1 Å².